The molecule has 0 unspecified atom stereocenters. The van der Waals surface area contributed by atoms with Gasteiger partial charge in [0.05, 0.1) is 5.02 Å². The highest BCUT2D eigenvalue weighted by Crippen LogP contribution is 2.34. The van der Waals surface area contributed by atoms with Crippen LogP contribution in [-0.2, 0) is 23.1 Å². The number of hydrogen-bond acceptors (Lipinski definition) is 3. The summed E-state index contributed by atoms with van der Waals surface area (Å²) in [6, 6.07) is 0. The Hall–Kier alpha value is -1.05. The van der Waals surface area contributed by atoms with Gasteiger partial charge in [-0.2, -0.15) is 8.42 Å². The van der Waals surface area contributed by atoms with Gasteiger partial charge < -0.3 is 10.3 Å². The van der Waals surface area contributed by atoms with Gasteiger partial charge in [0.2, 0.25) is 0 Å². The lowest BCUT2D eigenvalue weighted by Crippen LogP contribution is -2.18. The Morgan fingerprint density at radius 3 is 2.56 bits per heavy atom. The zero-order chi connectivity index (χ0) is 13.5. The maximum atomic E-state index is 11.4. The minimum absolute atomic E-state index is 0.0406. The second-order valence-corrected chi connectivity index (χ2v) is 5.98. The number of amides is 1. The Bertz CT molecular complexity index is 606. The SMILES string of the molecule is NC(=O)c1c(Cl)c(S(=O)(=O)O)c2n1CCCCC2. The fourth-order valence-electron chi connectivity index (χ4n) is 2.35. The van der Waals surface area contributed by atoms with Crippen LogP contribution in [-0.4, -0.2) is 23.4 Å². The van der Waals surface area contributed by atoms with Crippen LogP contribution in [0.4, 0.5) is 0 Å². The third-order valence-electron chi connectivity index (χ3n) is 3.05. The van der Waals surface area contributed by atoms with Gasteiger partial charge >= 0.3 is 0 Å². The predicted octanol–water partition coefficient (Wildman–Crippen LogP) is 1.21. The first-order valence-electron chi connectivity index (χ1n) is 5.52. The van der Waals surface area contributed by atoms with Crippen LogP contribution in [0.1, 0.15) is 35.4 Å². The molecule has 1 aliphatic heterocycles. The molecule has 0 radical (unpaired) electrons. The van der Waals surface area contributed by atoms with Crippen molar-refractivity contribution in [3.8, 4) is 0 Å². The fraction of sp³-hybridized carbons (Fsp3) is 0.500. The Kier molecular flexibility index (Phi) is 3.39. The van der Waals surface area contributed by atoms with E-state index in [1.54, 1.807) is 0 Å². The minimum atomic E-state index is -4.46. The van der Waals surface area contributed by atoms with Gasteiger partial charge in [-0.1, -0.05) is 18.0 Å². The molecule has 1 aromatic rings. The number of halogens is 1. The Morgan fingerprint density at radius 2 is 2.00 bits per heavy atom. The van der Waals surface area contributed by atoms with Crippen molar-refractivity contribution in [1.82, 2.24) is 4.57 Å². The number of hydrogen-bond donors (Lipinski definition) is 2. The molecule has 8 heteroatoms. The van der Waals surface area contributed by atoms with Gasteiger partial charge in [0.1, 0.15) is 10.6 Å². The van der Waals surface area contributed by atoms with Gasteiger partial charge in [0.25, 0.3) is 16.0 Å². The monoisotopic (exact) mass is 292 g/mol. The Morgan fingerprint density at radius 1 is 1.33 bits per heavy atom. The molecule has 2 heterocycles. The molecule has 1 amide bonds. The summed E-state index contributed by atoms with van der Waals surface area (Å²) in [5.41, 5.74) is 5.55. The first-order valence-corrected chi connectivity index (χ1v) is 7.34. The topological polar surface area (TPSA) is 102 Å². The van der Waals surface area contributed by atoms with E-state index in [0.717, 1.165) is 19.3 Å². The fourth-order valence-corrected chi connectivity index (χ4v) is 3.78. The summed E-state index contributed by atoms with van der Waals surface area (Å²) < 4.78 is 33.5. The van der Waals surface area contributed by atoms with Gasteiger partial charge in [-0.3, -0.25) is 9.35 Å². The van der Waals surface area contributed by atoms with Crippen LogP contribution in [0.2, 0.25) is 5.02 Å². The summed E-state index contributed by atoms with van der Waals surface area (Å²) in [7, 11) is -4.46. The molecule has 0 aliphatic carbocycles. The van der Waals surface area contributed by atoms with Gasteiger partial charge in [-0.05, 0) is 19.3 Å². The summed E-state index contributed by atoms with van der Waals surface area (Å²) in [5.74, 6) is -0.793. The van der Waals surface area contributed by atoms with Crippen molar-refractivity contribution < 1.29 is 17.8 Å². The predicted molar refractivity (Wildman–Crippen MR) is 65.3 cm³/mol. The summed E-state index contributed by atoms with van der Waals surface area (Å²) in [4.78, 5) is 11.0. The second kappa shape index (κ2) is 4.56. The van der Waals surface area contributed by atoms with Crippen molar-refractivity contribution in [3.63, 3.8) is 0 Å². The lowest BCUT2D eigenvalue weighted by Gasteiger charge is -2.07. The summed E-state index contributed by atoms with van der Waals surface area (Å²) in [6.45, 7) is 0.475. The third-order valence-corrected chi connectivity index (χ3v) is 4.49. The van der Waals surface area contributed by atoms with E-state index in [-0.39, 0.29) is 15.6 Å². The van der Waals surface area contributed by atoms with Crippen LogP contribution < -0.4 is 5.73 Å². The molecular formula is C10H13ClN2O4S. The van der Waals surface area contributed by atoms with Crippen LogP contribution in [0.15, 0.2) is 4.90 Å². The first-order chi connectivity index (χ1) is 8.34. The third kappa shape index (κ3) is 2.13. The summed E-state index contributed by atoms with van der Waals surface area (Å²) in [6.07, 6.45) is 2.95. The molecule has 1 aromatic heterocycles. The lowest BCUT2D eigenvalue weighted by atomic mass is 10.2. The normalized spacial score (nSPS) is 16.1. The molecule has 6 nitrogen and oxygen atoms in total. The van der Waals surface area contributed by atoms with Crippen molar-refractivity contribution in [3.05, 3.63) is 16.4 Å². The Labute approximate surface area is 109 Å². The van der Waals surface area contributed by atoms with Gasteiger partial charge in [0, 0.05) is 12.2 Å². The average molecular weight is 293 g/mol. The first kappa shape index (κ1) is 13.4. The zero-order valence-corrected chi connectivity index (χ0v) is 11.1. The van der Waals surface area contributed by atoms with E-state index in [0.29, 0.717) is 18.7 Å². The van der Waals surface area contributed by atoms with Crippen molar-refractivity contribution in [1.29, 1.82) is 0 Å². The van der Waals surface area contributed by atoms with Crippen LogP contribution in [0.5, 0.6) is 0 Å². The summed E-state index contributed by atoms with van der Waals surface area (Å²) >= 11 is 5.89. The second-order valence-electron chi connectivity index (χ2n) is 4.24. The van der Waals surface area contributed by atoms with E-state index >= 15 is 0 Å². The molecule has 0 saturated carbocycles. The molecule has 0 fully saturated rings. The van der Waals surface area contributed by atoms with E-state index in [1.807, 2.05) is 0 Å². The van der Waals surface area contributed by atoms with E-state index in [2.05, 4.69) is 0 Å². The van der Waals surface area contributed by atoms with Crippen LogP contribution in [0.25, 0.3) is 0 Å². The molecule has 0 aromatic carbocycles. The minimum Gasteiger partial charge on any atom is -0.364 e. The molecule has 3 N–H and O–H groups in total. The highest BCUT2D eigenvalue weighted by atomic mass is 35.5. The van der Waals surface area contributed by atoms with Crippen LogP contribution in [0, 0.1) is 0 Å². The quantitative estimate of drug-likeness (QED) is 0.800. The lowest BCUT2D eigenvalue weighted by molar-refractivity contribution is 0.0991. The van der Waals surface area contributed by atoms with Gasteiger partial charge in [-0.25, -0.2) is 0 Å². The molecule has 18 heavy (non-hydrogen) atoms. The summed E-state index contributed by atoms with van der Waals surface area (Å²) in [5, 5.41) is -0.276. The Balaban J connectivity index is 2.79. The number of aromatic nitrogens is 1. The van der Waals surface area contributed by atoms with E-state index in [1.165, 1.54) is 4.57 Å². The van der Waals surface area contributed by atoms with Crippen LogP contribution >= 0.6 is 11.6 Å². The van der Waals surface area contributed by atoms with Crippen molar-refractivity contribution in [2.45, 2.75) is 37.1 Å². The zero-order valence-electron chi connectivity index (χ0n) is 9.52. The standard InChI is InChI=1S/C10H13ClN2O4S/c11-7-8(10(12)14)13-5-3-1-2-4-6(13)9(7)18(15,16)17/h1-5H2,(H2,12,14)(H,15,16,17). The number of carbonyl (C=O) groups is 1. The highest BCUT2D eigenvalue weighted by Gasteiger charge is 2.31. The number of nitrogens with two attached hydrogens (primary N) is 1. The molecule has 2 rings (SSSR count). The average Bonchev–Trinajstić information content (AvgIpc) is 2.38. The largest absolute Gasteiger partial charge is 0.364 e. The van der Waals surface area contributed by atoms with E-state index in [4.69, 9.17) is 17.3 Å². The van der Waals surface area contributed by atoms with Crippen molar-refractivity contribution >= 4 is 27.6 Å². The number of rotatable bonds is 2. The number of nitrogens with zero attached hydrogens (tertiary/aromatic N) is 1. The van der Waals surface area contributed by atoms with E-state index in [9.17, 15) is 17.8 Å². The number of fused-ring (bicyclic) bond motifs is 1. The number of primary amides is 1. The maximum Gasteiger partial charge on any atom is 0.297 e. The molecule has 1 aliphatic rings. The molecule has 0 saturated heterocycles. The highest BCUT2D eigenvalue weighted by molar-refractivity contribution is 7.86. The van der Waals surface area contributed by atoms with Crippen LogP contribution in [0.3, 0.4) is 0 Å². The smallest absolute Gasteiger partial charge is 0.297 e. The molecule has 100 valence electrons. The number of carbonyl (C=O) groups excluding carboxylic acids is 1. The molecule has 0 spiro atoms. The van der Waals surface area contributed by atoms with E-state index < -0.39 is 16.0 Å². The van der Waals surface area contributed by atoms with Crippen molar-refractivity contribution in [2.75, 3.05) is 0 Å². The maximum absolute atomic E-state index is 11.4. The van der Waals surface area contributed by atoms with Crippen molar-refractivity contribution in [2.24, 2.45) is 5.73 Å². The molecule has 0 bridgehead atoms. The van der Waals surface area contributed by atoms with Gasteiger partial charge in [0.15, 0.2) is 0 Å². The molecular weight excluding hydrogens is 280 g/mol. The van der Waals surface area contributed by atoms with Gasteiger partial charge in [-0.15, -0.1) is 0 Å². The molecule has 0 atom stereocenters.